The van der Waals surface area contributed by atoms with Gasteiger partial charge in [-0.05, 0) is 97.9 Å². The van der Waals surface area contributed by atoms with E-state index in [1.165, 1.54) is 12.5 Å². The van der Waals surface area contributed by atoms with Gasteiger partial charge in [-0.3, -0.25) is 9.59 Å². The number of ether oxygens (including phenoxy) is 2. The average Bonchev–Trinajstić information content (AvgIpc) is 3.27. The molecule has 0 amide bonds. The molecule has 0 heterocycles. The van der Waals surface area contributed by atoms with Crippen LogP contribution < -0.4 is 0 Å². The topological polar surface area (TPSA) is 93.1 Å². The Bertz CT molecular complexity index is 1150. The smallest absolute Gasteiger partial charge is 0.306 e. The number of hydrogen-bond donors (Lipinski definition) is 2. The molecule has 242 valence electrons. The molecule has 0 bridgehead atoms. The number of esters is 2. The molecule has 0 radical (unpaired) electrons. The Hall–Kier alpha value is -1.66. The predicted octanol–water partition coefficient (Wildman–Crippen LogP) is 7.17. The third kappa shape index (κ3) is 4.70. The van der Waals surface area contributed by atoms with Crippen molar-refractivity contribution in [2.45, 2.75) is 144 Å². The molecule has 6 heteroatoms. The maximum Gasteiger partial charge on any atom is 0.306 e. The maximum atomic E-state index is 13.5. The first kappa shape index (κ1) is 32.7. The lowest BCUT2D eigenvalue weighted by molar-refractivity contribution is -0.318. The number of aliphatic hydroxyl groups is 2. The van der Waals surface area contributed by atoms with Gasteiger partial charge in [0.1, 0.15) is 12.2 Å². The summed E-state index contributed by atoms with van der Waals surface area (Å²) < 4.78 is 12.9. The standard InChI is InChI=1S/C37H58O6/c1-10-11-12-13-29(40)43-33-31(41)30-22(4)26(39)16-18-35(30,7)32-27(42-23(5)38)20-28-34(6)17-14-24(21(2)3)25(34)15-19-36(28,8)37(32,33)9/h24-28,30-33,39,41H,2,4,10-20H2,1,3,5-9H3. The van der Waals surface area contributed by atoms with Crippen molar-refractivity contribution in [3.05, 3.63) is 24.3 Å². The summed E-state index contributed by atoms with van der Waals surface area (Å²) in [5.41, 5.74) is 0.462. The van der Waals surface area contributed by atoms with E-state index in [1.807, 2.05) is 0 Å². The zero-order valence-corrected chi connectivity index (χ0v) is 27.9. The van der Waals surface area contributed by atoms with Gasteiger partial charge in [0.2, 0.25) is 0 Å². The van der Waals surface area contributed by atoms with Crippen LogP contribution in [0, 0.1) is 51.2 Å². The minimum Gasteiger partial charge on any atom is -0.462 e. The molecule has 0 spiro atoms. The summed E-state index contributed by atoms with van der Waals surface area (Å²) in [6, 6.07) is 0. The molecule has 13 atom stereocenters. The lowest BCUT2D eigenvalue weighted by atomic mass is 9.31. The van der Waals surface area contributed by atoms with Crippen LogP contribution in [-0.2, 0) is 19.1 Å². The third-order valence-electron chi connectivity index (χ3n) is 14.2. The summed E-state index contributed by atoms with van der Waals surface area (Å²) in [5, 5.41) is 23.4. The van der Waals surface area contributed by atoms with Crippen LogP contribution in [0.15, 0.2) is 24.3 Å². The molecule has 0 aliphatic heterocycles. The van der Waals surface area contributed by atoms with Gasteiger partial charge in [-0.1, -0.05) is 66.2 Å². The van der Waals surface area contributed by atoms with E-state index < -0.39 is 35.1 Å². The molecule has 43 heavy (non-hydrogen) atoms. The van der Waals surface area contributed by atoms with Crippen LogP contribution in [0.25, 0.3) is 0 Å². The molecule has 0 saturated heterocycles. The number of allylic oxidation sites excluding steroid dienone is 1. The van der Waals surface area contributed by atoms with Crippen LogP contribution in [0.2, 0.25) is 0 Å². The van der Waals surface area contributed by atoms with Crippen LogP contribution in [0.3, 0.4) is 0 Å². The molecular weight excluding hydrogens is 540 g/mol. The Morgan fingerprint density at radius 3 is 2.26 bits per heavy atom. The summed E-state index contributed by atoms with van der Waals surface area (Å²) in [6.07, 6.45) is 6.36. The fraction of sp³-hybridized carbons (Fsp3) is 0.838. The summed E-state index contributed by atoms with van der Waals surface area (Å²) >= 11 is 0. The number of unbranched alkanes of at least 4 members (excludes halogenated alkanes) is 2. The van der Waals surface area contributed by atoms with Crippen LogP contribution in [-0.4, -0.2) is 46.6 Å². The fourth-order valence-electron chi connectivity index (χ4n) is 12.3. The molecule has 5 fully saturated rings. The van der Waals surface area contributed by atoms with Gasteiger partial charge in [-0.15, -0.1) is 0 Å². The predicted molar refractivity (Wildman–Crippen MR) is 168 cm³/mol. The molecule has 6 nitrogen and oxygen atoms in total. The monoisotopic (exact) mass is 598 g/mol. The number of fused-ring (bicyclic) bond motifs is 7. The first-order chi connectivity index (χ1) is 20.1. The minimum atomic E-state index is -1.00. The van der Waals surface area contributed by atoms with E-state index in [2.05, 4.69) is 54.7 Å². The van der Waals surface area contributed by atoms with E-state index in [1.54, 1.807) is 0 Å². The van der Waals surface area contributed by atoms with Crippen molar-refractivity contribution >= 4 is 11.9 Å². The number of carbonyl (C=O) groups excluding carboxylic acids is 2. The van der Waals surface area contributed by atoms with Gasteiger partial charge in [0, 0.05) is 30.6 Å². The van der Waals surface area contributed by atoms with Crippen LogP contribution in [0.5, 0.6) is 0 Å². The van der Waals surface area contributed by atoms with Gasteiger partial charge in [0.05, 0.1) is 12.2 Å². The van der Waals surface area contributed by atoms with E-state index in [-0.39, 0.29) is 40.7 Å². The van der Waals surface area contributed by atoms with Crippen molar-refractivity contribution in [2.24, 2.45) is 51.2 Å². The minimum absolute atomic E-state index is 0.0216. The van der Waals surface area contributed by atoms with Crippen molar-refractivity contribution in [3.8, 4) is 0 Å². The van der Waals surface area contributed by atoms with Crippen molar-refractivity contribution in [1.29, 1.82) is 0 Å². The molecular formula is C37H58O6. The first-order valence-electron chi connectivity index (χ1n) is 17.1. The zero-order chi connectivity index (χ0) is 31.7. The van der Waals surface area contributed by atoms with Crippen molar-refractivity contribution < 1.29 is 29.3 Å². The second kappa shape index (κ2) is 11.3. The molecule has 5 rings (SSSR count). The lowest BCUT2D eigenvalue weighted by Gasteiger charge is -2.74. The maximum absolute atomic E-state index is 13.5. The average molecular weight is 599 g/mol. The van der Waals surface area contributed by atoms with Gasteiger partial charge in [-0.2, -0.15) is 0 Å². The summed E-state index contributed by atoms with van der Waals surface area (Å²) in [6.45, 7) is 23.8. The Kier molecular flexibility index (Phi) is 8.60. The number of hydrogen-bond acceptors (Lipinski definition) is 6. The summed E-state index contributed by atoms with van der Waals surface area (Å²) in [5.74, 6) is 0.00968. The molecule has 2 N–H and O–H groups in total. The van der Waals surface area contributed by atoms with Crippen LogP contribution in [0.4, 0.5) is 0 Å². The second-order valence-electron chi connectivity index (χ2n) is 16.2. The highest BCUT2D eigenvalue weighted by molar-refractivity contribution is 5.70. The summed E-state index contributed by atoms with van der Waals surface area (Å²) in [4.78, 5) is 26.3. The molecule has 5 saturated carbocycles. The SMILES string of the molecule is C=C(C)C1CCC2(C)C1CCC1(C)C2CC(OC(C)=O)C2C3(C)CCC(O)C(=C)C3C(O)C(OC(=O)CCCCC)C21C. The number of carbonyl (C=O) groups is 2. The molecule has 0 aromatic carbocycles. The quantitative estimate of drug-likeness (QED) is 0.183. The summed E-state index contributed by atoms with van der Waals surface area (Å²) in [7, 11) is 0. The van der Waals surface area contributed by atoms with Crippen molar-refractivity contribution in [1.82, 2.24) is 0 Å². The Balaban J connectivity index is 1.68. The largest absolute Gasteiger partial charge is 0.462 e. The van der Waals surface area contributed by atoms with Crippen molar-refractivity contribution in [2.75, 3.05) is 0 Å². The molecule has 13 unspecified atom stereocenters. The molecule has 5 aliphatic rings. The zero-order valence-electron chi connectivity index (χ0n) is 27.9. The first-order valence-corrected chi connectivity index (χ1v) is 17.1. The number of aliphatic hydroxyl groups excluding tert-OH is 2. The fourth-order valence-corrected chi connectivity index (χ4v) is 12.3. The van der Waals surface area contributed by atoms with E-state index >= 15 is 0 Å². The Morgan fingerprint density at radius 2 is 1.63 bits per heavy atom. The molecule has 0 aromatic rings. The van der Waals surface area contributed by atoms with Crippen LogP contribution in [0.1, 0.15) is 119 Å². The highest BCUT2D eigenvalue weighted by atomic mass is 16.6. The third-order valence-corrected chi connectivity index (χ3v) is 14.2. The molecule has 0 aromatic heterocycles. The van der Waals surface area contributed by atoms with E-state index in [4.69, 9.17) is 9.47 Å². The van der Waals surface area contributed by atoms with Gasteiger partial charge < -0.3 is 19.7 Å². The van der Waals surface area contributed by atoms with Gasteiger partial charge in [0.25, 0.3) is 0 Å². The number of rotatable bonds is 7. The Morgan fingerprint density at radius 1 is 0.953 bits per heavy atom. The van der Waals surface area contributed by atoms with Crippen LogP contribution >= 0.6 is 0 Å². The molecule has 5 aliphatic carbocycles. The van der Waals surface area contributed by atoms with Crippen molar-refractivity contribution in [3.63, 3.8) is 0 Å². The normalized spacial score (nSPS) is 48.8. The van der Waals surface area contributed by atoms with E-state index in [0.29, 0.717) is 36.7 Å². The second-order valence-corrected chi connectivity index (χ2v) is 16.2. The van der Waals surface area contributed by atoms with Gasteiger partial charge in [0.15, 0.2) is 0 Å². The highest BCUT2D eigenvalue weighted by Gasteiger charge is 2.77. The Labute approximate surface area is 260 Å². The van der Waals surface area contributed by atoms with Gasteiger partial charge in [-0.25, -0.2) is 0 Å². The lowest BCUT2D eigenvalue weighted by Crippen LogP contribution is -2.76. The van der Waals surface area contributed by atoms with E-state index in [9.17, 15) is 19.8 Å². The van der Waals surface area contributed by atoms with E-state index in [0.717, 1.165) is 51.4 Å². The van der Waals surface area contributed by atoms with Gasteiger partial charge >= 0.3 is 11.9 Å². The highest BCUT2D eigenvalue weighted by Crippen LogP contribution is 2.77.